The Morgan fingerprint density at radius 3 is 2.84 bits per heavy atom. The zero-order valence-corrected chi connectivity index (χ0v) is 14.6. The number of aromatic nitrogens is 2. The number of rotatable bonds is 6. The quantitative estimate of drug-likeness (QED) is 0.839. The summed E-state index contributed by atoms with van der Waals surface area (Å²) in [5.41, 5.74) is 0.848. The van der Waals surface area contributed by atoms with E-state index in [9.17, 15) is 9.50 Å². The van der Waals surface area contributed by atoms with Crippen molar-refractivity contribution in [3.8, 4) is 5.75 Å². The van der Waals surface area contributed by atoms with Crippen LogP contribution in [0.2, 0.25) is 0 Å². The summed E-state index contributed by atoms with van der Waals surface area (Å²) in [6.07, 6.45) is -0.489. The lowest BCUT2D eigenvalue weighted by Crippen LogP contribution is -2.40. The smallest absolute Gasteiger partial charge is 0.230 e. The van der Waals surface area contributed by atoms with E-state index < -0.39 is 6.10 Å². The minimum atomic E-state index is -0.489. The van der Waals surface area contributed by atoms with Gasteiger partial charge in [0.1, 0.15) is 0 Å². The van der Waals surface area contributed by atoms with Gasteiger partial charge in [0.05, 0.1) is 19.8 Å². The summed E-state index contributed by atoms with van der Waals surface area (Å²) >= 11 is 0. The minimum Gasteiger partial charge on any atom is -0.494 e. The molecule has 1 aromatic heterocycles. The molecule has 0 saturated carbocycles. The van der Waals surface area contributed by atoms with E-state index in [2.05, 4.69) is 15.1 Å². The largest absolute Gasteiger partial charge is 0.494 e. The SMILES string of the molecule is COc1ccc(CN2C[C@@H](O)[C@@H](N(C)Cc3nnc(C)o3)C2)cc1F. The molecule has 25 heavy (non-hydrogen) atoms. The molecule has 1 saturated heterocycles. The highest BCUT2D eigenvalue weighted by Crippen LogP contribution is 2.22. The van der Waals surface area contributed by atoms with Crippen LogP contribution in [0.4, 0.5) is 4.39 Å². The van der Waals surface area contributed by atoms with Crippen LogP contribution >= 0.6 is 0 Å². The molecule has 8 heteroatoms. The molecule has 1 aliphatic heterocycles. The number of methoxy groups -OCH3 is 1. The van der Waals surface area contributed by atoms with Crippen LogP contribution in [0, 0.1) is 12.7 Å². The molecule has 2 aromatic rings. The van der Waals surface area contributed by atoms with Crippen LogP contribution in [0.1, 0.15) is 17.3 Å². The Morgan fingerprint density at radius 1 is 1.40 bits per heavy atom. The van der Waals surface area contributed by atoms with Crippen LogP contribution in [-0.4, -0.2) is 64.5 Å². The summed E-state index contributed by atoms with van der Waals surface area (Å²) in [6.45, 7) is 4.01. The number of hydrogen-bond acceptors (Lipinski definition) is 7. The van der Waals surface area contributed by atoms with Crippen LogP contribution < -0.4 is 4.74 Å². The second kappa shape index (κ2) is 7.47. The molecule has 2 atom stereocenters. The van der Waals surface area contributed by atoms with E-state index in [0.717, 1.165) is 5.56 Å². The zero-order valence-electron chi connectivity index (χ0n) is 14.6. The highest BCUT2D eigenvalue weighted by atomic mass is 19.1. The number of aliphatic hydroxyl groups is 1. The maximum atomic E-state index is 13.8. The fourth-order valence-corrected chi connectivity index (χ4v) is 3.21. The van der Waals surface area contributed by atoms with Crippen molar-refractivity contribution in [3.63, 3.8) is 0 Å². The molecule has 1 N–H and O–H groups in total. The summed E-state index contributed by atoms with van der Waals surface area (Å²) in [5.74, 6) is 0.916. The van der Waals surface area contributed by atoms with E-state index in [1.54, 1.807) is 13.0 Å². The number of ether oxygens (including phenoxy) is 1. The molecule has 3 rings (SSSR count). The third kappa shape index (κ3) is 4.15. The van der Waals surface area contributed by atoms with Crippen molar-refractivity contribution < 1.29 is 18.7 Å². The molecule has 0 radical (unpaired) electrons. The number of likely N-dealkylation sites (tertiary alicyclic amines) is 1. The second-order valence-corrected chi connectivity index (χ2v) is 6.43. The minimum absolute atomic E-state index is 0.0460. The van der Waals surface area contributed by atoms with Crippen molar-refractivity contribution in [1.29, 1.82) is 0 Å². The molecule has 0 aliphatic carbocycles. The second-order valence-electron chi connectivity index (χ2n) is 6.43. The van der Waals surface area contributed by atoms with Gasteiger partial charge in [-0.25, -0.2) is 4.39 Å². The van der Waals surface area contributed by atoms with E-state index in [-0.39, 0.29) is 17.6 Å². The molecule has 1 aliphatic rings. The lowest BCUT2D eigenvalue weighted by molar-refractivity contribution is 0.0899. The highest BCUT2D eigenvalue weighted by molar-refractivity contribution is 5.29. The Hall–Kier alpha value is -2.03. The van der Waals surface area contributed by atoms with Gasteiger partial charge in [0.25, 0.3) is 0 Å². The van der Waals surface area contributed by atoms with E-state index >= 15 is 0 Å². The standard InChI is InChI=1S/C17H23FN4O3/c1-11-19-20-17(25-11)10-21(2)14-8-22(9-15(14)23)7-12-4-5-16(24-3)13(18)6-12/h4-6,14-15,23H,7-10H2,1-3H3/t14-,15+/m0/s1. The lowest BCUT2D eigenvalue weighted by atomic mass is 10.2. The summed E-state index contributed by atoms with van der Waals surface area (Å²) in [7, 11) is 3.37. The first-order chi connectivity index (χ1) is 12.0. The van der Waals surface area contributed by atoms with Crippen molar-refractivity contribution in [2.45, 2.75) is 32.2 Å². The summed E-state index contributed by atoms with van der Waals surface area (Å²) in [5, 5.41) is 18.2. The highest BCUT2D eigenvalue weighted by Gasteiger charge is 2.34. The number of halogens is 1. The molecule has 0 unspecified atom stereocenters. The molecule has 0 bridgehead atoms. The summed E-state index contributed by atoms with van der Waals surface area (Å²) < 4.78 is 24.2. The van der Waals surface area contributed by atoms with Crippen LogP contribution in [0.25, 0.3) is 0 Å². The number of likely N-dealkylation sites (N-methyl/N-ethyl adjacent to an activating group) is 1. The first-order valence-electron chi connectivity index (χ1n) is 8.18. The Balaban J connectivity index is 1.59. The Kier molecular flexibility index (Phi) is 5.31. The zero-order chi connectivity index (χ0) is 18.0. The summed E-state index contributed by atoms with van der Waals surface area (Å²) in [4.78, 5) is 4.11. The number of benzene rings is 1. The Bertz CT molecular complexity index is 724. The maximum absolute atomic E-state index is 13.8. The fraction of sp³-hybridized carbons (Fsp3) is 0.529. The Morgan fingerprint density at radius 2 is 2.20 bits per heavy atom. The van der Waals surface area contributed by atoms with Gasteiger partial charge in [-0.2, -0.15) is 0 Å². The molecule has 0 amide bonds. The summed E-state index contributed by atoms with van der Waals surface area (Å²) in [6, 6.07) is 4.89. The molecular formula is C17H23FN4O3. The number of aryl methyl sites for hydroxylation is 1. The van der Waals surface area contributed by atoms with Gasteiger partial charge in [-0.3, -0.25) is 9.80 Å². The van der Waals surface area contributed by atoms with Crippen molar-refractivity contribution in [2.75, 3.05) is 27.2 Å². The fourth-order valence-electron chi connectivity index (χ4n) is 3.21. The predicted molar refractivity (Wildman–Crippen MR) is 88.5 cm³/mol. The van der Waals surface area contributed by atoms with Gasteiger partial charge < -0.3 is 14.3 Å². The van der Waals surface area contributed by atoms with Crippen LogP contribution in [-0.2, 0) is 13.1 Å². The van der Waals surface area contributed by atoms with E-state index in [4.69, 9.17) is 9.15 Å². The number of β-amino-alcohol motifs (C(OH)–C–C–N with tert-alkyl or cyclic N) is 1. The number of aliphatic hydroxyl groups excluding tert-OH is 1. The van der Waals surface area contributed by atoms with Crippen LogP contribution in [0.5, 0.6) is 5.75 Å². The molecule has 7 nitrogen and oxygen atoms in total. The maximum Gasteiger partial charge on any atom is 0.230 e. The average molecular weight is 350 g/mol. The van der Waals surface area contributed by atoms with Gasteiger partial charge in [-0.15, -0.1) is 10.2 Å². The first kappa shape index (κ1) is 17.8. The van der Waals surface area contributed by atoms with Gasteiger partial charge in [0, 0.05) is 32.6 Å². The normalized spacial score (nSPS) is 21.2. The van der Waals surface area contributed by atoms with Crippen molar-refractivity contribution in [3.05, 3.63) is 41.4 Å². The third-order valence-corrected chi connectivity index (χ3v) is 4.48. The molecule has 0 spiro atoms. The van der Waals surface area contributed by atoms with E-state index in [1.807, 2.05) is 18.0 Å². The van der Waals surface area contributed by atoms with Crippen molar-refractivity contribution in [2.24, 2.45) is 0 Å². The van der Waals surface area contributed by atoms with E-state index in [1.165, 1.54) is 13.2 Å². The molecule has 2 heterocycles. The van der Waals surface area contributed by atoms with Crippen molar-refractivity contribution >= 4 is 0 Å². The van der Waals surface area contributed by atoms with Gasteiger partial charge in [0.15, 0.2) is 11.6 Å². The van der Waals surface area contributed by atoms with Crippen LogP contribution in [0.15, 0.2) is 22.6 Å². The van der Waals surface area contributed by atoms with Crippen molar-refractivity contribution in [1.82, 2.24) is 20.0 Å². The molecular weight excluding hydrogens is 327 g/mol. The van der Waals surface area contributed by atoms with Gasteiger partial charge in [-0.05, 0) is 24.7 Å². The van der Waals surface area contributed by atoms with Crippen LogP contribution in [0.3, 0.4) is 0 Å². The Labute approximate surface area is 146 Å². The lowest BCUT2D eigenvalue weighted by Gasteiger charge is -2.25. The van der Waals surface area contributed by atoms with Gasteiger partial charge in [-0.1, -0.05) is 6.07 Å². The topological polar surface area (TPSA) is 74.9 Å². The average Bonchev–Trinajstić information content (AvgIpc) is 3.13. The number of nitrogens with zero attached hydrogens (tertiary/aromatic N) is 4. The van der Waals surface area contributed by atoms with Gasteiger partial charge >= 0.3 is 0 Å². The van der Waals surface area contributed by atoms with Gasteiger partial charge in [0.2, 0.25) is 11.8 Å². The van der Waals surface area contributed by atoms with E-state index in [0.29, 0.717) is 38.0 Å². The predicted octanol–water partition coefficient (Wildman–Crippen LogP) is 1.20. The third-order valence-electron chi connectivity index (χ3n) is 4.48. The molecule has 1 fully saturated rings. The molecule has 1 aromatic carbocycles. The first-order valence-corrected chi connectivity index (χ1v) is 8.18. The number of hydrogen-bond donors (Lipinski definition) is 1. The monoisotopic (exact) mass is 350 g/mol. The molecule has 136 valence electrons.